The number of fused-ring (bicyclic) bond motifs is 2. The molecule has 0 unspecified atom stereocenters. The fourth-order valence-corrected chi connectivity index (χ4v) is 8.21. The molecule has 56 heavy (non-hydrogen) atoms. The molecule has 7 atom stereocenters. The van der Waals surface area contributed by atoms with E-state index in [4.69, 9.17) is 14.5 Å². The number of methoxy groups -OCH3 is 2. The summed E-state index contributed by atoms with van der Waals surface area (Å²) in [4.78, 5) is 71.4. The number of piperidine rings is 1. The van der Waals surface area contributed by atoms with Gasteiger partial charge in [0.25, 0.3) is 0 Å². The molecule has 1 aliphatic carbocycles. The molecule has 4 aromatic rings. The van der Waals surface area contributed by atoms with Crippen molar-refractivity contribution in [3.63, 3.8) is 0 Å². The number of nitrogens with zero attached hydrogens (tertiary/aromatic N) is 4. The minimum Gasteiger partial charge on any atom is -0.453 e. The summed E-state index contributed by atoms with van der Waals surface area (Å²) in [6, 6.07) is 10.6. The van der Waals surface area contributed by atoms with Crippen molar-refractivity contribution in [1.29, 1.82) is 0 Å². The van der Waals surface area contributed by atoms with Gasteiger partial charge in [-0.15, -0.1) is 0 Å². The number of hydrogen-bond donors (Lipinski definition) is 4. The third-order valence-electron chi connectivity index (χ3n) is 11.4. The van der Waals surface area contributed by atoms with Crippen LogP contribution in [0, 0.1) is 29.6 Å². The van der Waals surface area contributed by atoms with Crippen LogP contribution in [-0.2, 0) is 19.1 Å². The highest BCUT2D eigenvalue weighted by Gasteiger charge is 2.56. The maximum atomic E-state index is 13.8. The minimum atomic E-state index is -0.709. The first-order valence-electron chi connectivity index (χ1n) is 19.4. The van der Waals surface area contributed by atoms with E-state index in [-0.39, 0.29) is 47.8 Å². The third-order valence-corrected chi connectivity index (χ3v) is 11.4. The van der Waals surface area contributed by atoms with Crippen molar-refractivity contribution in [2.75, 3.05) is 14.2 Å². The predicted molar refractivity (Wildman–Crippen MR) is 209 cm³/mol. The molecule has 0 radical (unpaired) electrons. The topological polar surface area (TPSA) is 175 Å². The van der Waals surface area contributed by atoms with Crippen LogP contribution in [0.25, 0.3) is 22.0 Å². The Labute approximate surface area is 326 Å². The number of H-pyrrole nitrogens is 2. The number of benzene rings is 2. The summed E-state index contributed by atoms with van der Waals surface area (Å²) in [7, 11) is 2.58. The largest absolute Gasteiger partial charge is 0.453 e. The summed E-state index contributed by atoms with van der Waals surface area (Å²) in [5.74, 6) is 7.80. The van der Waals surface area contributed by atoms with E-state index in [1.54, 1.807) is 12.4 Å². The van der Waals surface area contributed by atoms with Gasteiger partial charge in [-0.2, -0.15) is 0 Å². The molecule has 14 heteroatoms. The minimum absolute atomic E-state index is 0.00491. The van der Waals surface area contributed by atoms with Crippen LogP contribution in [0.2, 0.25) is 0 Å². The zero-order valence-electron chi connectivity index (χ0n) is 32.9. The van der Waals surface area contributed by atoms with Gasteiger partial charge in [0.1, 0.15) is 29.4 Å². The Morgan fingerprint density at radius 2 is 1.39 bits per heavy atom. The van der Waals surface area contributed by atoms with E-state index in [0.717, 1.165) is 53.3 Å². The van der Waals surface area contributed by atoms with Crippen LogP contribution < -0.4 is 10.6 Å². The zero-order valence-corrected chi connectivity index (χ0v) is 32.9. The normalized spacial score (nSPS) is 22.3. The molecule has 2 saturated heterocycles. The van der Waals surface area contributed by atoms with Crippen LogP contribution >= 0.6 is 0 Å². The summed E-state index contributed by atoms with van der Waals surface area (Å²) >= 11 is 0. The number of aromatic nitrogens is 4. The van der Waals surface area contributed by atoms with Crippen LogP contribution in [0.3, 0.4) is 0 Å². The van der Waals surface area contributed by atoms with Crippen LogP contribution in [0.4, 0.5) is 9.59 Å². The van der Waals surface area contributed by atoms with Crippen LogP contribution in [0.15, 0.2) is 48.8 Å². The van der Waals surface area contributed by atoms with E-state index in [1.165, 1.54) is 14.2 Å². The molecule has 2 aliphatic heterocycles. The molecule has 3 aliphatic rings. The Bertz CT molecular complexity index is 2200. The lowest BCUT2D eigenvalue weighted by Crippen LogP contribution is -2.52. The first kappa shape index (κ1) is 38.4. The third kappa shape index (κ3) is 7.67. The molecule has 2 aromatic carbocycles. The van der Waals surface area contributed by atoms with Crippen molar-refractivity contribution in [3.8, 4) is 23.1 Å². The molecule has 7 rings (SSSR count). The van der Waals surface area contributed by atoms with Gasteiger partial charge in [0.05, 0.1) is 44.4 Å². The van der Waals surface area contributed by atoms with Gasteiger partial charge in [-0.05, 0) is 85.3 Å². The van der Waals surface area contributed by atoms with Crippen LogP contribution in [-0.4, -0.2) is 92.1 Å². The lowest BCUT2D eigenvalue weighted by Gasteiger charge is -2.32. The Morgan fingerprint density at radius 1 is 0.768 bits per heavy atom. The molecule has 0 spiro atoms. The first-order chi connectivity index (χ1) is 26.9. The van der Waals surface area contributed by atoms with Gasteiger partial charge in [-0.1, -0.05) is 51.8 Å². The Balaban J connectivity index is 1.04. The average Bonchev–Trinajstić information content (AvgIpc) is 3.66. The van der Waals surface area contributed by atoms with E-state index in [0.29, 0.717) is 23.3 Å². The highest BCUT2D eigenvalue weighted by atomic mass is 16.5. The van der Waals surface area contributed by atoms with E-state index in [9.17, 15) is 19.2 Å². The highest BCUT2D eigenvalue weighted by Crippen LogP contribution is 2.53. The van der Waals surface area contributed by atoms with Crippen molar-refractivity contribution in [2.45, 2.75) is 96.6 Å². The molecule has 4 amide bonds. The molecule has 2 aromatic heterocycles. The number of rotatable bonds is 9. The number of carbonyl (C=O) groups is 4. The summed E-state index contributed by atoms with van der Waals surface area (Å²) < 4.78 is 9.56. The second-order valence-electron chi connectivity index (χ2n) is 15.9. The molecule has 294 valence electrons. The molecule has 4 heterocycles. The maximum absolute atomic E-state index is 13.8. The molecule has 4 N–H and O–H groups in total. The van der Waals surface area contributed by atoms with Crippen LogP contribution in [0.1, 0.15) is 95.3 Å². The van der Waals surface area contributed by atoms with Gasteiger partial charge in [0.2, 0.25) is 11.8 Å². The number of hydrogen-bond acceptors (Lipinski definition) is 8. The summed E-state index contributed by atoms with van der Waals surface area (Å²) in [6.07, 6.45) is 5.63. The van der Waals surface area contributed by atoms with Crippen molar-refractivity contribution >= 4 is 34.8 Å². The summed E-state index contributed by atoms with van der Waals surface area (Å²) in [5.41, 5.74) is 3.32. The summed E-state index contributed by atoms with van der Waals surface area (Å²) in [6.45, 7) is 9.64. The Hall–Kier alpha value is -5.84. The predicted octanol–water partition coefficient (Wildman–Crippen LogP) is 5.83. The highest BCUT2D eigenvalue weighted by molar-refractivity contribution is 5.89. The van der Waals surface area contributed by atoms with Gasteiger partial charge in [0.15, 0.2) is 0 Å². The smallest absolute Gasteiger partial charge is 0.407 e. The standard InChI is InChI=1S/C42H50N8O6/c1-22(2)35(47-41(53)55-6)39(51)49-24(5)8-15-32(49)37-44-21-31(46-37)28-13-12-26-16-25(9-11-27(26)17-28)10-14-30-20-43-38(45-30)34-19-29-18-33(29)50(34)40(52)36(23(3)4)48-42(54)56-7/h9,11-13,16-17,20-24,29,32-36H,8,15,18-19H2,1-7H3,(H,43,45)(H,44,46)(H,47,53)(H,48,54)/t24-,29-,32-,33-,34+,35+,36+/m1/s1. The lowest BCUT2D eigenvalue weighted by molar-refractivity contribution is -0.137. The SMILES string of the molecule is COC(=O)N[C@H](C(=O)N1[C@H](C)CC[C@@H]1c1ncc(-c2ccc3cc(C#Cc4cnc([C@@H]5C[C@H]6C[C@H]6N5C(=O)[C@@H](NC(=O)OC)C(C)C)[nH]4)ccc3c2)[nH]1)C(C)C. The van der Waals surface area contributed by atoms with Gasteiger partial charge < -0.3 is 39.9 Å². The number of likely N-dealkylation sites (tertiary alicyclic amines) is 2. The molecular formula is C42H50N8O6. The quantitative estimate of drug-likeness (QED) is 0.154. The number of alkyl carbamates (subject to hydrolysis) is 2. The molecule has 3 fully saturated rings. The van der Waals surface area contributed by atoms with E-state index < -0.39 is 24.3 Å². The van der Waals surface area contributed by atoms with Crippen molar-refractivity contribution in [3.05, 3.63) is 71.7 Å². The Morgan fingerprint density at radius 3 is 2.07 bits per heavy atom. The van der Waals surface area contributed by atoms with Crippen LogP contribution in [0.5, 0.6) is 0 Å². The zero-order chi connectivity index (χ0) is 39.8. The van der Waals surface area contributed by atoms with Crippen molar-refractivity contribution < 1.29 is 28.7 Å². The summed E-state index contributed by atoms with van der Waals surface area (Å²) in [5, 5.41) is 7.50. The molecule has 1 saturated carbocycles. The maximum Gasteiger partial charge on any atom is 0.407 e. The van der Waals surface area contributed by atoms with Gasteiger partial charge in [-0.25, -0.2) is 19.6 Å². The molecular weight excluding hydrogens is 713 g/mol. The number of imidazole rings is 2. The number of amides is 4. The van der Waals surface area contributed by atoms with E-state index in [1.807, 2.05) is 68.7 Å². The fraction of sp³-hybridized carbons (Fsp3) is 0.476. The van der Waals surface area contributed by atoms with E-state index >= 15 is 0 Å². The van der Waals surface area contributed by atoms with Crippen molar-refractivity contribution in [1.82, 2.24) is 40.4 Å². The van der Waals surface area contributed by atoms with E-state index in [2.05, 4.69) is 49.6 Å². The second kappa shape index (κ2) is 15.7. The second-order valence-corrected chi connectivity index (χ2v) is 15.9. The molecule has 0 bridgehead atoms. The fourth-order valence-electron chi connectivity index (χ4n) is 8.21. The lowest BCUT2D eigenvalue weighted by atomic mass is 10.0. The van der Waals surface area contributed by atoms with Gasteiger partial charge in [0, 0.05) is 23.2 Å². The Kier molecular flexibility index (Phi) is 10.8. The number of aromatic amines is 2. The van der Waals surface area contributed by atoms with Gasteiger partial charge >= 0.3 is 12.2 Å². The number of carbonyl (C=O) groups excluding carboxylic acids is 4. The molecule has 14 nitrogen and oxygen atoms in total. The number of nitrogens with one attached hydrogen (secondary N) is 4. The monoisotopic (exact) mass is 762 g/mol. The average molecular weight is 763 g/mol. The first-order valence-corrected chi connectivity index (χ1v) is 19.4. The number of ether oxygens (including phenoxy) is 2. The van der Waals surface area contributed by atoms with Gasteiger partial charge in [-0.3, -0.25) is 9.59 Å². The van der Waals surface area contributed by atoms with Crippen molar-refractivity contribution in [2.24, 2.45) is 17.8 Å².